The highest BCUT2D eigenvalue weighted by Crippen LogP contribution is 2.27. The summed E-state index contributed by atoms with van der Waals surface area (Å²) in [5, 5.41) is 13.5. The molecule has 0 radical (unpaired) electrons. The number of hydrogen-bond donors (Lipinski definition) is 1. The van der Waals surface area contributed by atoms with Crippen LogP contribution in [0.2, 0.25) is 5.02 Å². The van der Waals surface area contributed by atoms with Gasteiger partial charge in [0.25, 0.3) is 5.69 Å². The van der Waals surface area contributed by atoms with Crippen LogP contribution in [0.25, 0.3) is 5.65 Å². The number of nitrogens with zero attached hydrogens (tertiary/aromatic N) is 3. The van der Waals surface area contributed by atoms with E-state index in [1.165, 1.54) is 18.2 Å². The van der Waals surface area contributed by atoms with Gasteiger partial charge in [0.2, 0.25) is 5.91 Å². The highest BCUT2D eigenvalue weighted by Gasteiger charge is 2.14. The number of carbonyl (C=O) groups excluding carboxylic acids is 1. The molecule has 0 bridgehead atoms. The Kier molecular flexibility index (Phi) is 3.94. The molecule has 23 heavy (non-hydrogen) atoms. The maximum Gasteiger partial charge on any atom is 0.289 e. The van der Waals surface area contributed by atoms with E-state index in [1.54, 1.807) is 6.20 Å². The van der Waals surface area contributed by atoms with Gasteiger partial charge in [0.05, 0.1) is 17.0 Å². The molecule has 116 valence electrons. The summed E-state index contributed by atoms with van der Waals surface area (Å²) in [6.07, 6.45) is 3.67. The number of nitro groups is 1. The first kappa shape index (κ1) is 15.0. The number of rotatable bonds is 4. The van der Waals surface area contributed by atoms with Crippen molar-refractivity contribution in [2.24, 2.45) is 0 Å². The molecule has 1 aromatic carbocycles. The van der Waals surface area contributed by atoms with E-state index in [2.05, 4.69) is 10.3 Å². The first-order chi connectivity index (χ1) is 11.0. The van der Waals surface area contributed by atoms with Crippen LogP contribution in [0, 0.1) is 10.1 Å². The van der Waals surface area contributed by atoms with Crippen molar-refractivity contribution in [1.82, 2.24) is 9.38 Å². The standard InChI is InChI=1S/C15H11ClN4O3/c16-12-5-4-10(7-13(12)20(22)23)18-15(21)8-11-9-19-6-2-1-3-14(19)17-11/h1-7,9H,8H2,(H,18,21). The number of amides is 1. The monoisotopic (exact) mass is 330 g/mol. The van der Waals surface area contributed by atoms with Crippen LogP contribution >= 0.6 is 11.6 Å². The Labute approximate surface area is 135 Å². The number of anilines is 1. The van der Waals surface area contributed by atoms with E-state index < -0.39 is 4.92 Å². The molecule has 0 saturated heterocycles. The van der Waals surface area contributed by atoms with Crippen LogP contribution in [0.5, 0.6) is 0 Å². The first-order valence-electron chi connectivity index (χ1n) is 6.69. The molecule has 1 N–H and O–H groups in total. The molecular weight excluding hydrogens is 320 g/mol. The van der Waals surface area contributed by atoms with Crippen molar-refractivity contribution in [2.75, 3.05) is 5.32 Å². The summed E-state index contributed by atoms with van der Waals surface area (Å²) in [5.74, 6) is -0.315. The van der Waals surface area contributed by atoms with E-state index in [-0.39, 0.29) is 23.0 Å². The molecule has 0 aliphatic rings. The van der Waals surface area contributed by atoms with Crippen molar-refractivity contribution < 1.29 is 9.72 Å². The predicted molar refractivity (Wildman–Crippen MR) is 85.6 cm³/mol. The second-order valence-electron chi connectivity index (χ2n) is 4.85. The Morgan fingerprint density at radius 1 is 1.35 bits per heavy atom. The maximum absolute atomic E-state index is 12.1. The number of imidazole rings is 1. The quantitative estimate of drug-likeness (QED) is 0.588. The summed E-state index contributed by atoms with van der Waals surface area (Å²) in [5.41, 5.74) is 1.42. The lowest BCUT2D eigenvalue weighted by atomic mass is 10.2. The molecule has 3 aromatic rings. The minimum atomic E-state index is -0.597. The Balaban J connectivity index is 1.74. The van der Waals surface area contributed by atoms with Gasteiger partial charge in [-0.2, -0.15) is 0 Å². The number of aromatic nitrogens is 2. The van der Waals surface area contributed by atoms with Crippen LogP contribution in [0.3, 0.4) is 0 Å². The topological polar surface area (TPSA) is 89.5 Å². The summed E-state index contributed by atoms with van der Waals surface area (Å²) in [6.45, 7) is 0. The summed E-state index contributed by atoms with van der Waals surface area (Å²) >= 11 is 5.74. The molecule has 7 nitrogen and oxygen atoms in total. The van der Waals surface area contributed by atoms with Gasteiger partial charge in [-0.1, -0.05) is 17.7 Å². The first-order valence-corrected chi connectivity index (χ1v) is 7.07. The van der Waals surface area contributed by atoms with E-state index in [4.69, 9.17) is 11.6 Å². The smallest absolute Gasteiger partial charge is 0.289 e. The summed E-state index contributed by atoms with van der Waals surface area (Å²) in [6, 6.07) is 9.68. The third kappa shape index (κ3) is 3.29. The number of nitro benzene ring substituents is 1. The van der Waals surface area contributed by atoms with E-state index in [1.807, 2.05) is 28.8 Å². The fourth-order valence-corrected chi connectivity index (χ4v) is 2.36. The molecule has 0 fully saturated rings. The van der Waals surface area contributed by atoms with Gasteiger partial charge in [-0.25, -0.2) is 4.98 Å². The molecule has 0 atom stereocenters. The zero-order valence-electron chi connectivity index (χ0n) is 11.8. The lowest BCUT2D eigenvalue weighted by Gasteiger charge is -2.04. The number of benzene rings is 1. The average Bonchev–Trinajstić information content (AvgIpc) is 2.90. The molecule has 0 aliphatic carbocycles. The van der Waals surface area contributed by atoms with Gasteiger partial charge in [-0.15, -0.1) is 0 Å². The van der Waals surface area contributed by atoms with Gasteiger partial charge in [0, 0.05) is 24.1 Å². The summed E-state index contributed by atoms with van der Waals surface area (Å²) < 4.78 is 1.82. The van der Waals surface area contributed by atoms with E-state index in [0.717, 1.165) is 5.65 Å². The third-order valence-electron chi connectivity index (χ3n) is 3.18. The van der Waals surface area contributed by atoms with Gasteiger partial charge in [0.1, 0.15) is 10.7 Å². The van der Waals surface area contributed by atoms with Gasteiger partial charge in [-0.05, 0) is 24.3 Å². The maximum atomic E-state index is 12.1. The van der Waals surface area contributed by atoms with E-state index in [9.17, 15) is 14.9 Å². The minimum absolute atomic E-state index is 0.0216. The Morgan fingerprint density at radius 2 is 2.17 bits per heavy atom. The lowest BCUT2D eigenvalue weighted by Crippen LogP contribution is -2.14. The Hall–Kier alpha value is -2.93. The van der Waals surface area contributed by atoms with Crippen LogP contribution in [0.4, 0.5) is 11.4 Å². The van der Waals surface area contributed by atoms with Crippen LogP contribution in [0.15, 0.2) is 48.8 Å². The highest BCUT2D eigenvalue weighted by atomic mass is 35.5. The molecule has 0 saturated carbocycles. The Morgan fingerprint density at radius 3 is 2.91 bits per heavy atom. The number of carbonyl (C=O) groups is 1. The van der Waals surface area contributed by atoms with Crippen molar-refractivity contribution >= 4 is 34.5 Å². The molecule has 0 aliphatic heterocycles. The van der Waals surface area contributed by atoms with Crippen LogP contribution in [-0.4, -0.2) is 20.2 Å². The Bertz CT molecular complexity index is 874. The fourth-order valence-electron chi connectivity index (χ4n) is 2.17. The van der Waals surface area contributed by atoms with Gasteiger partial charge in [-0.3, -0.25) is 14.9 Å². The van der Waals surface area contributed by atoms with Crippen LogP contribution in [0.1, 0.15) is 5.69 Å². The van der Waals surface area contributed by atoms with E-state index >= 15 is 0 Å². The van der Waals surface area contributed by atoms with Crippen LogP contribution in [-0.2, 0) is 11.2 Å². The second-order valence-corrected chi connectivity index (χ2v) is 5.25. The third-order valence-corrected chi connectivity index (χ3v) is 3.50. The van der Waals surface area contributed by atoms with Crippen molar-refractivity contribution in [2.45, 2.75) is 6.42 Å². The summed E-state index contributed by atoms with van der Waals surface area (Å²) in [4.78, 5) is 26.6. The fraction of sp³-hybridized carbons (Fsp3) is 0.0667. The number of nitrogens with one attached hydrogen (secondary N) is 1. The molecule has 1 amide bonds. The van der Waals surface area contributed by atoms with Crippen LogP contribution < -0.4 is 5.32 Å². The molecule has 2 aromatic heterocycles. The van der Waals surface area contributed by atoms with Crippen molar-refractivity contribution in [1.29, 1.82) is 0 Å². The van der Waals surface area contributed by atoms with E-state index in [0.29, 0.717) is 11.4 Å². The molecule has 3 rings (SSSR count). The second kappa shape index (κ2) is 6.05. The van der Waals surface area contributed by atoms with Crippen molar-refractivity contribution in [3.8, 4) is 0 Å². The number of pyridine rings is 1. The van der Waals surface area contributed by atoms with Gasteiger partial charge >= 0.3 is 0 Å². The number of halogens is 1. The number of fused-ring (bicyclic) bond motifs is 1. The molecular formula is C15H11ClN4O3. The largest absolute Gasteiger partial charge is 0.325 e. The lowest BCUT2D eigenvalue weighted by molar-refractivity contribution is -0.384. The van der Waals surface area contributed by atoms with Crippen molar-refractivity contribution in [3.63, 3.8) is 0 Å². The summed E-state index contributed by atoms with van der Waals surface area (Å²) in [7, 11) is 0. The molecule has 8 heteroatoms. The van der Waals surface area contributed by atoms with Gasteiger partial charge in [0.15, 0.2) is 0 Å². The highest BCUT2D eigenvalue weighted by molar-refractivity contribution is 6.32. The SMILES string of the molecule is O=C(Cc1cn2ccccc2n1)Nc1ccc(Cl)c([N+](=O)[O-])c1. The molecule has 2 heterocycles. The zero-order chi connectivity index (χ0) is 16.4. The normalized spacial score (nSPS) is 10.7. The van der Waals surface area contributed by atoms with Gasteiger partial charge < -0.3 is 9.72 Å². The number of hydrogen-bond acceptors (Lipinski definition) is 4. The minimum Gasteiger partial charge on any atom is -0.325 e. The molecule has 0 unspecified atom stereocenters. The zero-order valence-corrected chi connectivity index (χ0v) is 12.5. The predicted octanol–water partition coefficient (Wildman–Crippen LogP) is 3.08. The average molecular weight is 331 g/mol. The van der Waals surface area contributed by atoms with Crippen molar-refractivity contribution in [3.05, 3.63) is 69.6 Å². The molecule has 0 spiro atoms.